The van der Waals surface area contributed by atoms with Gasteiger partial charge >= 0.3 is 17.9 Å². The molecule has 75 heavy (non-hydrogen) atoms. The summed E-state index contributed by atoms with van der Waals surface area (Å²) in [5, 5.41) is 0. The summed E-state index contributed by atoms with van der Waals surface area (Å²) in [6.07, 6.45) is 84.3. The number of hydrogen-bond donors (Lipinski definition) is 0. The minimum atomic E-state index is -0.795. The molecule has 0 aliphatic carbocycles. The number of unbranched alkanes of at least 4 members (excludes halogenated alkanes) is 30. The predicted octanol–water partition coefficient (Wildman–Crippen LogP) is 21.7. The van der Waals surface area contributed by atoms with Crippen LogP contribution in [0.1, 0.15) is 303 Å². The normalized spacial score (nSPS) is 12.7. The molecule has 0 bridgehead atoms. The van der Waals surface area contributed by atoms with Crippen LogP contribution < -0.4 is 0 Å². The van der Waals surface area contributed by atoms with Crippen LogP contribution in [-0.4, -0.2) is 37.2 Å². The van der Waals surface area contributed by atoms with Crippen molar-refractivity contribution in [1.29, 1.82) is 0 Å². The molecule has 1 atom stereocenters. The Morgan fingerprint density at radius 1 is 0.280 bits per heavy atom. The molecule has 0 aliphatic heterocycles. The van der Waals surface area contributed by atoms with Gasteiger partial charge in [-0.2, -0.15) is 0 Å². The van der Waals surface area contributed by atoms with Gasteiger partial charge < -0.3 is 14.2 Å². The molecule has 0 fully saturated rings. The van der Waals surface area contributed by atoms with Crippen molar-refractivity contribution >= 4 is 17.9 Å². The Labute approximate surface area is 464 Å². The van der Waals surface area contributed by atoms with Crippen LogP contribution >= 0.6 is 0 Å². The summed E-state index contributed by atoms with van der Waals surface area (Å²) < 4.78 is 16.9. The molecule has 0 aromatic rings. The van der Waals surface area contributed by atoms with Crippen LogP contribution in [0.5, 0.6) is 0 Å². The van der Waals surface area contributed by atoms with Crippen molar-refractivity contribution in [2.24, 2.45) is 0 Å². The van der Waals surface area contributed by atoms with Crippen molar-refractivity contribution in [1.82, 2.24) is 0 Å². The first-order valence-electron chi connectivity index (χ1n) is 31.7. The van der Waals surface area contributed by atoms with Crippen LogP contribution in [0.15, 0.2) is 97.2 Å². The minimum Gasteiger partial charge on any atom is -0.462 e. The number of carbonyl (C=O) groups excluding carboxylic acids is 3. The molecular formula is C69H118O6. The Morgan fingerprint density at radius 2 is 0.520 bits per heavy atom. The monoisotopic (exact) mass is 1040 g/mol. The molecular weight excluding hydrogens is 925 g/mol. The van der Waals surface area contributed by atoms with Gasteiger partial charge in [-0.25, -0.2) is 0 Å². The number of rotatable bonds is 57. The van der Waals surface area contributed by atoms with Gasteiger partial charge in [-0.05, 0) is 116 Å². The molecule has 0 spiro atoms. The Kier molecular flexibility index (Phi) is 59.8. The standard InChI is InChI=1S/C69H118O6/c1-4-7-10-13-16-19-22-25-26-27-28-29-30-31-32-33-34-35-36-37-38-39-40-41-42-45-47-50-53-56-59-62-68(71)74-65-66(75-69(72)63-60-57-54-51-48-44-24-21-18-15-12-9-6-3)64-73-67(70)61-58-55-52-49-46-43-23-20-17-14-11-8-5-2/h7,9-10,12,16,18-21,23,25-26,28-29,44,48,66H,4-6,8,11,13-15,17,22,24,27,30-43,45-47,49-65H2,1-3H3/b10-7-,12-9-,19-16-,21-18-,23-20-,26-25-,29-28-,48-44-. The molecule has 1 unspecified atom stereocenters. The zero-order valence-corrected chi connectivity index (χ0v) is 49.3. The highest BCUT2D eigenvalue weighted by Crippen LogP contribution is 2.16. The molecule has 0 radical (unpaired) electrons. The fourth-order valence-corrected chi connectivity index (χ4v) is 8.86. The van der Waals surface area contributed by atoms with Crippen molar-refractivity contribution < 1.29 is 28.6 Å². The first kappa shape index (κ1) is 71.3. The fraction of sp³-hybridized carbons (Fsp3) is 0.725. The SMILES string of the molecule is CC/C=C\C/C=C\C/C=C\C/C=C\CCCCCCCCCCCCCCCCCCCCC(=O)OCC(COC(=O)CCCCCCC/C=C\CCCCCC)OC(=O)CCCCC/C=C\C/C=C\C/C=C\CC. The average Bonchev–Trinajstić information content (AvgIpc) is 3.41. The minimum absolute atomic E-state index is 0.0895. The second-order valence-corrected chi connectivity index (χ2v) is 20.9. The van der Waals surface area contributed by atoms with Crippen molar-refractivity contribution in [3.8, 4) is 0 Å². The maximum absolute atomic E-state index is 12.8. The number of esters is 3. The molecule has 0 saturated carbocycles. The summed E-state index contributed by atoms with van der Waals surface area (Å²) in [7, 11) is 0. The van der Waals surface area contributed by atoms with E-state index in [9.17, 15) is 14.4 Å². The van der Waals surface area contributed by atoms with Crippen LogP contribution in [0.25, 0.3) is 0 Å². The van der Waals surface area contributed by atoms with Gasteiger partial charge in [0.2, 0.25) is 0 Å². The molecule has 0 N–H and O–H groups in total. The van der Waals surface area contributed by atoms with Crippen LogP contribution in [-0.2, 0) is 28.6 Å². The summed E-state index contributed by atoms with van der Waals surface area (Å²) in [5.74, 6) is -0.920. The Morgan fingerprint density at radius 3 is 0.840 bits per heavy atom. The van der Waals surface area contributed by atoms with E-state index in [1.165, 1.54) is 148 Å². The maximum atomic E-state index is 12.8. The molecule has 0 rings (SSSR count). The molecule has 6 heteroatoms. The van der Waals surface area contributed by atoms with Gasteiger partial charge in [0.1, 0.15) is 13.2 Å². The fourth-order valence-electron chi connectivity index (χ4n) is 8.86. The highest BCUT2D eigenvalue weighted by atomic mass is 16.6. The van der Waals surface area contributed by atoms with E-state index in [4.69, 9.17) is 14.2 Å². The van der Waals surface area contributed by atoms with Crippen LogP contribution in [0.4, 0.5) is 0 Å². The second kappa shape index (κ2) is 62.9. The third kappa shape index (κ3) is 61.1. The van der Waals surface area contributed by atoms with Crippen molar-refractivity contribution in [2.45, 2.75) is 309 Å². The summed E-state index contributed by atoms with van der Waals surface area (Å²) in [4.78, 5) is 38.2. The van der Waals surface area contributed by atoms with Gasteiger partial charge in [0.05, 0.1) is 0 Å². The topological polar surface area (TPSA) is 78.9 Å². The van der Waals surface area contributed by atoms with Crippen molar-refractivity contribution in [3.05, 3.63) is 97.2 Å². The number of hydrogen-bond acceptors (Lipinski definition) is 6. The van der Waals surface area contributed by atoms with Gasteiger partial charge in [0, 0.05) is 19.3 Å². The lowest BCUT2D eigenvalue weighted by Gasteiger charge is -2.18. The van der Waals surface area contributed by atoms with Gasteiger partial charge in [0.15, 0.2) is 6.10 Å². The van der Waals surface area contributed by atoms with E-state index in [0.717, 1.165) is 116 Å². The molecule has 0 aliphatic rings. The average molecular weight is 1040 g/mol. The van der Waals surface area contributed by atoms with Crippen LogP contribution in [0.2, 0.25) is 0 Å². The molecule has 0 aromatic heterocycles. The highest BCUT2D eigenvalue weighted by molar-refractivity contribution is 5.71. The third-order valence-corrected chi connectivity index (χ3v) is 13.6. The van der Waals surface area contributed by atoms with Crippen molar-refractivity contribution in [3.63, 3.8) is 0 Å². The molecule has 0 amide bonds. The molecule has 430 valence electrons. The zero-order chi connectivity index (χ0) is 54.3. The number of ether oxygens (including phenoxy) is 3. The summed E-state index contributed by atoms with van der Waals surface area (Å²) in [6.45, 7) is 6.38. The lowest BCUT2D eigenvalue weighted by Crippen LogP contribution is -2.30. The second-order valence-electron chi connectivity index (χ2n) is 20.9. The van der Waals surface area contributed by atoms with E-state index in [-0.39, 0.29) is 31.1 Å². The Bertz CT molecular complexity index is 1480. The van der Waals surface area contributed by atoms with Crippen molar-refractivity contribution in [2.75, 3.05) is 13.2 Å². The smallest absolute Gasteiger partial charge is 0.306 e. The molecule has 0 saturated heterocycles. The van der Waals surface area contributed by atoms with E-state index in [1.54, 1.807) is 0 Å². The van der Waals surface area contributed by atoms with Gasteiger partial charge in [-0.15, -0.1) is 0 Å². The largest absolute Gasteiger partial charge is 0.462 e. The van der Waals surface area contributed by atoms with E-state index >= 15 is 0 Å². The molecule has 6 nitrogen and oxygen atoms in total. The Balaban J connectivity index is 4.16. The lowest BCUT2D eigenvalue weighted by molar-refractivity contribution is -0.167. The van der Waals surface area contributed by atoms with Gasteiger partial charge in [0.25, 0.3) is 0 Å². The summed E-state index contributed by atoms with van der Waals surface area (Å²) in [5.41, 5.74) is 0. The summed E-state index contributed by atoms with van der Waals surface area (Å²) >= 11 is 0. The number of carbonyl (C=O) groups is 3. The summed E-state index contributed by atoms with van der Waals surface area (Å²) in [6, 6.07) is 0. The van der Waals surface area contributed by atoms with Crippen LogP contribution in [0, 0.1) is 0 Å². The Hall–Kier alpha value is -3.67. The van der Waals surface area contributed by atoms with E-state index in [2.05, 4.69) is 118 Å². The van der Waals surface area contributed by atoms with Gasteiger partial charge in [-0.1, -0.05) is 266 Å². The predicted molar refractivity (Wildman–Crippen MR) is 325 cm³/mol. The van der Waals surface area contributed by atoms with Crippen LogP contribution in [0.3, 0.4) is 0 Å². The zero-order valence-electron chi connectivity index (χ0n) is 49.3. The maximum Gasteiger partial charge on any atom is 0.306 e. The van der Waals surface area contributed by atoms with E-state index in [0.29, 0.717) is 19.3 Å². The first-order chi connectivity index (χ1) is 37.0. The third-order valence-electron chi connectivity index (χ3n) is 13.6. The first-order valence-corrected chi connectivity index (χ1v) is 31.7. The quantitative estimate of drug-likeness (QED) is 0.0261. The van der Waals surface area contributed by atoms with Gasteiger partial charge in [-0.3, -0.25) is 14.4 Å². The molecule has 0 aromatic carbocycles. The van der Waals surface area contributed by atoms with E-state index < -0.39 is 6.10 Å². The lowest BCUT2D eigenvalue weighted by atomic mass is 10.0. The molecule has 0 heterocycles. The number of allylic oxidation sites excluding steroid dienone is 16. The highest BCUT2D eigenvalue weighted by Gasteiger charge is 2.19. The van der Waals surface area contributed by atoms with E-state index in [1.807, 2.05) is 0 Å².